The number of carbonyl (C=O) groups excluding carboxylic acids is 1. The first-order valence-electron chi connectivity index (χ1n) is 8.13. The van der Waals surface area contributed by atoms with Crippen LogP contribution >= 0.6 is 0 Å². The Bertz CT molecular complexity index is 595. The molecule has 0 aliphatic heterocycles. The van der Waals surface area contributed by atoms with Crippen LogP contribution in [0.3, 0.4) is 0 Å². The third-order valence-electron chi connectivity index (χ3n) is 3.48. The van der Waals surface area contributed by atoms with Gasteiger partial charge in [-0.1, -0.05) is 44.9 Å². The topological polar surface area (TPSA) is 75.3 Å². The van der Waals surface area contributed by atoms with Crippen LogP contribution in [0.2, 0.25) is 0 Å². The summed E-state index contributed by atoms with van der Waals surface area (Å²) in [4.78, 5) is 12.5. The maximum absolute atomic E-state index is 12.5. The van der Waals surface area contributed by atoms with Crippen LogP contribution in [0.1, 0.15) is 45.6 Å². The predicted octanol–water partition coefficient (Wildman–Crippen LogP) is 2.60. The lowest BCUT2D eigenvalue weighted by Crippen LogP contribution is -2.47. The summed E-state index contributed by atoms with van der Waals surface area (Å²) < 4.78 is 27.5. The summed E-state index contributed by atoms with van der Waals surface area (Å²) >= 11 is 0. The average molecular weight is 340 g/mol. The van der Waals surface area contributed by atoms with Gasteiger partial charge < -0.3 is 5.32 Å². The molecule has 1 aromatic rings. The zero-order chi connectivity index (χ0) is 17.5. The van der Waals surface area contributed by atoms with E-state index in [9.17, 15) is 13.2 Å². The van der Waals surface area contributed by atoms with Gasteiger partial charge in [-0.05, 0) is 37.8 Å². The first-order chi connectivity index (χ1) is 10.8. The first kappa shape index (κ1) is 19.6. The van der Waals surface area contributed by atoms with Crippen LogP contribution in [0.25, 0.3) is 0 Å². The van der Waals surface area contributed by atoms with E-state index in [0.29, 0.717) is 13.0 Å². The molecule has 0 saturated heterocycles. The first-order valence-corrected chi connectivity index (χ1v) is 9.61. The fourth-order valence-corrected chi connectivity index (χ4v) is 3.37. The van der Waals surface area contributed by atoms with E-state index in [1.165, 1.54) is 0 Å². The Morgan fingerprint density at radius 3 is 2.30 bits per heavy atom. The lowest BCUT2D eigenvalue weighted by Gasteiger charge is -2.20. The van der Waals surface area contributed by atoms with Crippen LogP contribution in [0.5, 0.6) is 0 Å². The van der Waals surface area contributed by atoms with Gasteiger partial charge in [0.05, 0.1) is 4.90 Å². The van der Waals surface area contributed by atoms with E-state index in [0.717, 1.165) is 18.4 Å². The molecule has 0 aliphatic rings. The highest BCUT2D eigenvalue weighted by atomic mass is 32.2. The molecule has 0 heterocycles. The van der Waals surface area contributed by atoms with Crippen molar-refractivity contribution < 1.29 is 13.2 Å². The van der Waals surface area contributed by atoms with E-state index < -0.39 is 16.1 Å². The number of unbranched alkanes of at least 4 members (excludes halogenated alkanes) is 1. The number of rotatable bonds is 9. The minimum atomic E-state index is -3.71. The molecule has 1 amide bonds. The second-order valence-electron chi connectivity index (χ2n) is 6.26. The van der Waals surface area contributed by atoms with Crippen LogP contribution in [0, 0.1) is 12.8 Å². The maximum Gasteiger partial charge on any atom is 0.241 e. The molecular weight excluding hydrogens is 312 g/mol. The van der Waals surface area contributed by atoms with Crippen molar-refractivity contribution in [2.75, 3.05) is 6.54 Å². The highest BCUT2D eigenvalue weighted by molar-refractivity contribution is 7.89. The van der Waals surface area contributed by atoms with Gasteiger partial charge in [-0.2, -0.15) is 4.72 Å². The normalized spacial score (nSPS) is 13.1. The van der Waals surface area contributed by atoms with Gasteiger partial charge in [0.2, 0.25) is 15.9 Å². The monoisotopic (exact) mass is 340 g/mol. The van der Waals surface area contributed by atoms with Crippen molar-refractivity contribution in [3.8, 4) is 0 Å². The van der Waals surface area contributed by atoms with E-state index in [-0.39, 0.29) is 16.7 Å². The minimum Gasteiger partial charge on any atom is -0.355 e. The fourth-order valence-electron chi connectivity index (χ4n) is 2.16. The highest BCUT2D eigenvalue weighted by Gasteiger charge is 2.26. The van der Waals surface area contributed by atoms with E-state index in [4.69, 9.17) is 0 Å². The average Bonchev–Trinajstić information content (AvgIpc) is 2.46. The summed E-state index contributed by atoms with van der Waals surface area (Å²) in [5.74, 6) is -0.0551. The Morgan fingerprint density at radius 1 is 1.17 bits per heavy atom. The number of carbonyl (C=O) groups is 1. The molecule has 1 atom stereocenters. The molecule has 130 valence electrons. The Balaban J connectivity index is 2.86. The van der Waals surface area contributed by atoms with Crippen molar-refractivity contribution in [2.45, 2.75) is 57.9 Å². The van der Waals surface area contributed by atoms with Crippen molar-refractivity contribution in [1.82, 2.24) is 10.0 Å². The van der Waals surface area contributed by atoms with Gasteiger partial charge in [0.15, 0.2) is 0 Å². The Morgan fingerprint density at radius 2 is 1.78 bits per heavy atom. The van der Waals surface area contributed by atoms with Gasteiger partial charge in [-0.3, -0.25) is 4.79 Å². The predicted molar refractivity (Wildman–Crippen MR) is 92.7 cm³/mol. The standard InChI is InChI=1S/C17H28N2O3S/c1-5-6-11-18-17(20)16(12-13(2)3)19-23(21,22)15-9-7-14(4)8-10-15/h7-10,13,16,19H,5-6,11-12H2,1-4H3,(H,18,20)/t16-/m0/s1. The zero-order valence-electron chi connectivity index (χ0n) is 14.4. The largest absolute Gasteiger partial charge is 0.355 e. The molecule has 6 heteroatoms. The van der Waals surface area contributed by atoms with Crippen molar-refractivity contribution in [1.29, 1.82) is 0 Å². The van der Waals surface area contributed by atoms with Crippen molar-refractivity contribution >= 4 is 15.9 Å². The number of hydrogen-bond donors (Lipinski definition) is 2. The van der Waals surface area contributed by atoms with E-state index in [1.807, 2.05) is 27.7 Å². The summed E-state index contributed by atoms with van der Waals surface area (Å²) in [6.07, 6.45) is 2.32. The summed E-state index contributed by atoms with van der Waals surface area (Å²) in [5.41, 5.74) is 0.986. The summed E-state index contributed by atoms with van der Waals surface area (Å²) in [6, 6.07) is 5.84. The summed E-state index contributed by atoms with van der Waals surface area (Å²) in [7, 11) is -3.71. The van der Waals surface area contributed by atoms with Gasteiger partial charge >= 0.3 is 0 Å². The van der Waals surface area contributed by atoms with Gasteiger partial charge in [-0.15, -0.1) is 0 Å². The second kappa shape index (κ2) is 9.03. The lowest BCUT2D eigenvalue weighted by molar-refractivity contribution is -0.123. The third-order valence-corrected chi connectivity index (χ3v) is 4.97. The minimum absolute atomic E-state index is 0.179. The molecule has 1 rings (SSSR count). The molecule has 5 nitrogen and oxygen atoms in total. The smallest absolute Gasteiger partial charge is 0.241 e. The molecule has 0 aromatic heterocycles. The highest BCUT2D eigenvalue weighted by Crippen LogP contribution is 2.13. The number of amides is 1. The van der Waals surface area contributed by atoms with Crippen LogP contribution in [-0.4, -0.2) is 26.9 Å². The quantitative estimate of drug-likeness (QED) is 0.679. The van der Waals surface area contributed by atoms with Crippen molar-refractivity contribution in [2.24, 2.45) is 5.92 Å². The number of benzene rings is 1. The lowest BCUT2D eigenvalue weighted by atomic mass is 10.0. The maximum atomic E-state index is 12.5. The van der Waals surface area contributed by atoms with E-state index in [1.54, 1.807) is 24.3 Å². The summed E-state index contributed by atoms with van der Waals surface area (Å²) in [5, 5.41) is 2.81. The van der Waals surface area contributed by atoms with Crippen LogP contribution in [0.15, 0.2) is 29.2 Å². The van der Waals surface area contributed by atoms with Gasteiger partial charge in [0, 0.05) is 6.54 Å². The number of nitrogens with one attached hydrogen (secondary N) is 2. The Kier molecular flexibility index (Phi) is 7.72. The molecule has 0 unspecified atom stereocenters. The third kappa shape index (κ3) is 6.71. The van der Waals surface area contributed by atoms with Crippen molar-refractivity contribution in [3.05, 3.63) is 29.8 Å². The Labute approximate surface area is 139 Å². The number of aryl methyl sites for hydroxylation is 1. The van der Waals surface area contributed by atoms with Crippen LogP contribution in [0.4, 0.5) is 0 Å². The molecule has 23 heavy (non-hydrogen) atoms. The molecule has 0 fully saturated rings. The molecule has 0 saturated carbocycles. The molecule has 0 spiro atoms. The molecule has 0 aliphatic carbocycles. The molecule has 2 N–H and O–H groups in total. The van der Waals surface area contributed by atoms with Crippen LogP contribution < -0.4 is 10.0 Å². The Hall–Kier alpha value is -1.40. The summed E-state index contributed by atoms with van der Waals surface area (Å²) in [6.45, 7) is 8.43. The van der Waals surface area contributed by atoms with Crippen molar-refractivity contribution in [3.63, 3.8) is 0 Å². The van der Waals surface area contributed by atoms with E-state index in [2.05, 4.69) is 10.0 Å². The number of hydrogen-bond acceptors (Lipinski definition) is 3. The van der Waals surface area contributed by atoms with Crippen LogP contribution in [-0.2, 0) is 14.8 Å². The zero-order valence-corrected chi connectivity index (χ0v) is 15.2. The van der Waals surface area contributed by atoms with E-state index >= 15 is 0 Å². The van der Waals surface area contributed by atoms with Gasteiger partial charge in [-0.25, -0.2) is 8.42 Å². The second-order valence-corrected chi connectivity index (χ2v) is 7.98. The SMILES string of the molecule is CCCCNC(=O)[C@H](CC(C)C)NS(=O)(=O)c1ccc(C)cc1. The molecule has 1 aromatic carbocycles. The molecule has 0 radical (unpaired) electrons. The van der Waals surface area contributed by atoms with Gasteiger partial charge in [0.25, 0.3) is 0 Å². The number of sulfonamides is 1. The molecular formula is C17H28N2O3S. The fraction of sp³-hybridized carbons (Fsp3) is 0.588. The molecule has 0 bridgehead atoms. The van der Waals surface area contributed by atoms with Gasteiger partial charge in [0.1, 0.15) is 6.04 Å².